The van der Waals surface area contributed by atoms with Gasteiger partial charge in [-0.3, -0.25) is 28.8 Å². The van der Waals surface area contributed by atoms with Crippen molar-refractivity contribution in [1.29, 1.82) is 0 Å². The Morgan fingerprint density at radius 2 is 1.15 bits per heavy atom. The lowest BCUT2D eigenvalue weighted by Crippen LogP contribution is -2.58. The molecule has 0 aromatic carbocycles. The van der Waals surface area contributed by atoms with Crippen molar-refractivity contribution in [3.05, 3.63) is 0 Å². The summed E-state index contributed by atoms with van der Waals surface area (Å²) in [5.74, 6) is -8.16. The van der Waals surface area contributed by atoms with E-state index in [2.05, 4.69) is 10.6 Å². The number of carbonyl (C=O) groups excluding carboxylic acids is 5. The fraction of sp³-hybridized carbons (Fsp3) is 0.611. The molecule has 0 radical (unpaired) electrons. The average Bonchev–Trinajstić information content (AvgIpc) is 2.70. The van der Waals surface area contributed by atoms with Crippen LogP contribution in [-0.4, -0.2) is 82.4 Å². The summed E-state index contributed by atoms with van der Waals surface area (Å²) in [4.78, 5) is 82.1. The normalized spacial score (nSPS) is 14.1. The SMILES string of the molecule is NCCCCC(NC(=O)C(CC(N)=O)NC(=O)C(CC(=O)O)NC(=O)C(N)CC(N)=O)C(=O)O. The molecule has 5 amide bonds. The lowest BCUT2D eigenvalue weighted by Gasteiger charge is -2.24. The Balaban J connectivity index is 5.50. The van der Waals surface area contributed by atoms with E-state index in [1.54, 1.807) is 0 Å². The van der Waals surface area contributed by atoms with Crippen LogP contribution in [0.1, 0.15) is 38.5 Å². The van der Waals surface area contributed by atoms with Gasteiger partial charge in [-0.25, -0.2) is 4.79 Å². The first-order valence-corrected chi connectivity index (χ1v) is 10.2. The maximum Gasteiger partial charge on any atom is 0.326 e. The number of nitrogens with one attached hydrogen (secondary N) is 3. The summed E-state index contributed by atoms with van der Waals surface area (Å²) in [6.07, 6.45) is -1.38. The Kier molecular flexibility index (Phi) is 13.4. The summed E-state index contributed by atoms with van der Waals surface area (Å²) in [6, 6.07) is -6.26. The Labute approximate surface area is 194 Å². The van der Waals surface area contributed by atoms with Crippen LogP contribution in [-0.2, 0) is 33.6 Å². The third-order valence-corrected chi connectivity index (χ3v) is 4.37. The highest BCUT2D eigenvalue weighted by atomic mass is 16.4. The van der Waals surface area contributed by atoms with E-state index >= 15 is 0 Å². The molecule has 0 saturated heterocycles. The monoisotopic (exact) mass is 489 g/mol. The van der Waals surface area contributed by atoms with Crippen molar-refractivity contribution >= 4 is 41.5 Å². The summed E-state index contributed by atoms with van der Waals surface area (Å²) in [6.45, 7) is 0.306. The smallest absolute Gasteiger partial charge is 0.326 e. The second-order valence-corrected chi connectivity index (χ2v) is 7.35. The van der Waals surface area contributed by atoms with E-state index in [1.807, 2.05) is 5.32 Å². The number of hydrogen-bond donors (Lipinski definition) is 9. The van der Waals surface area contributed by atoms with Crippen molar-refractivity contribution < 1.29 is 43.8 Å². The predicted octanol–water partition coefficient (Wildman–Crippen LogP) is -4.79. The fourth-order valence-electron chi connectivity index (χ4n) is 2.68. The van der Waals surface area contributed by atoms with Gasteiger partial charge in [0.05, 0.1) is 25.3 Å². The van der Waals surface area contributed by atoms with E-state index in [1.165, 1.54) is 0 Å². The van der Waals surface area contributed by atoms with Crippen molar-refractivity contribution in [2.24, 2.45) is 22.9 Å². The molecule has 4 unspecified atom stereocenters. The number of primary amides is 2. The number of aliphatic carboxylic acids is 2. The van der Waals surface area contributed by atoms with Crippen molar-refractivity contribution in [3.63, 3.8) is 0 Å². The van der Waals surface area contributed by atoms with Crippen LogP contribution in [0.4, 0.5) is 0 Å². The molecule has 0 saturated carbocycles. The van der Waals surface area contributed by atoms with E-state index in [0.717, 1.165) is 0 Å². The number of carboxylic acid groups (broad SMARTS) is 2. The van der Waals surface area contributed by atoms with Gasteiger partial charge in [0, 0.05) is 0 Å². The van der Waals surface area contributed by atoms with Gasteiger partial charge in [0.25, 0.3) is 0 Å². The van der Waals surface area contributed by atoms with E-state index in [9.17, 15) is 38.7 Å². The Morgan fingerprint density at radius 3 is 1.59 bits per heavy atom. The van der Waals surface area contributed by atoms with Crippen LogP contribution in [0.5, 0.6) is 0 Å². The van der Waals surface area contributed by atoms with E-state index in [4.69, 9.17) is 28.0 Å². The summed E-state index contributed by atoms with van der Waals surface area (Å²) in [5.41, 5.74) is 20.9. The summed E-state index contributed by atoms with van der Waals surface area (Å²) < 4.78 is 0. The maximum absolute atomic E-state index is 12.6. The van der Waals surface area contributed by atoms with Gasteiger partial charge in [0.2, 0.25) is 29.5 Å². The second kappa shape index (κ2) is 15.1. The molecule has 0 bridgehead atoms. The zero-order valence-electron chi connectivity index (χ0n) is 18.3. The van der Waals surface area contributed by atoms with Crippen molar-refractivity contribution in [2.45, 2.75) is 62.7 Å². The first-order chi connectivity index (χ1) is 15.8. The molecule has 16 heteroatoms. The number of carboxylic acids is 2. The highest BCUT2D eigenvalue weighted by Crippen LogP contribution is 2.04. The Hall–Kier alpha value is -3.79. The van der Waals surface area contributed by atoms with Gasteiger partial charge in [-0.1, -0.05) is 0 Å². The third-order valence-electron chi connectivity index (χ3n) is 4.37. The van der Waals surface area contributed by atoms with Gasteiger partial charge in [-0.15, -0.1) is 0 Å². The molecule has 4 atom stereocenters. The molecule has 0 heterocycles. The molecule has 16 nitrogen and oxygen atoms in total. The number of nitrogens with two attached hydrogens (primary N) is 4. The number of unbranched alkanes of at least 4 members (excludes halogenated alkanes) is 1. The molecular weight excluding hydrogens is 458 g/mol. The van der Waals surface area contributed by atoms with Crippen LogP contribution in [0, 0.1) is 0 Å². The predicted molar refractivity (Wildman–Crippen MR) is 114 cm³/mol. The average molecular weight is 489 g/mol. The standard InChI is InChI=1S/C18H31N7O9/c19-4-2-1-3-9(18(33)34)23-16(31)10(6-13(22)27)25-17(32)11(7-14(28)29)24-15(30)8(20)5-12(21)26/h8-11H,1-7,19-20H2,(H2,21,26)(H2,22,27)(H,23,31)(H,24,30)(H,25,32)(H,28,29)(H,33,34). The molecule has 192 valence electrons. The molecule has 0 aromatic rings. The van der Waals surface area contributed by atoms with Crippen molar-refractivity contribution in [3.8, 4) is 0 Å². The lowest BCUT2D eigenvalue weighted by atomic mass is 10.1. The minimum Gasteiger partial charge on any atom is -0.481 e. The molecule has 13 N–H and O–H groups in total. The zero-order valence-corrected chi connectivity index (χ0v) is 18.3. The molecule has 0 aliphatic rings. The van der Waals surface area contributed by atoms with Crippen LogP contribution in [0.15, 0.2) is 0 Å². The molecule has 0 rings (SSSR count). The molecule has 0 spiro atoms. The van der Waals surface area contributed by atoms with E-state index in [0.29, 0.717) is 19.4 Å². The molecule has 0 fully saturated rings. The minimum absolute atomic E-state index is 0.0188. The number of rotatable bonds is 17. The highest BCUT2D eigenvalue weighted by Gasteiger charge is 2.32. The molecular formula is C18H31N7O9. The maximum atomic E-state index is 12.6. The lowest BCUT2D eigenvalue weighted by molar-refractivity contribution is -0.143. The summed E-state index contributed by atoms with van der Waals surface area (Å²) in [7, 11) is 0. The van der Waals surface area contributed by atoms with Gasteiger partial charge in [0.15, 0.2) is 0 Å². The zero-order chi connectivity index (χ0) is 26.4. The van der Waals surface area contributed by atoms with Crippen molar-refractivity contribution in [2.75, 3.05) is 6.54 Å². The Morgan fingerprint density at radius 1 is 0.676 bits per heavy atom. The molecule has 0 aliphatic heterocycles. The minimum atomic E-state index is -1.76. The molecule has 0 aliphatic carbocycles. The fourth-order valence-corrected chi connectivity index (χ4v) is 2.68. The van der Waals surface area contributed by atoms with Crippen LogP contribution < -0.4 is 38.9 Å². The number of hydrogen-bond acceptors (Lipinski definition) is 9. The number of carbonyl (C=O) groups is 7. The topological polar surface area (TPSA) is 300 Å². The quantitative estimate of drug-likeness (QED) is 0.0873. The van der Waals surface area contributed by atoms with Crippen molar-refractivity contribution in [1.82, 2.24) is 16.0 Å². The largest absolute Gasteiger partial charge is 0.481 e. The van der Waals surface area contributed by atoms with Crippen LogP contribution in [0.3, 0.4) is 0 Å². The second-order valence-electron chi connectivity index (χ2n) is 7.35. The van der Waals surface area contributed by atoms with Crippen LogP contribution >= 0.6 is 0 Å². The van der Waals surface area contributed by atoms with Gasteiger partial charge in [-0.05, 0) is 25.8 Å². The van der Waals surface area contributed by atoms with Gasteiger partial charge in [0.1, 0.15) is 18.1 Å². The van der Waals surface area contributed by atoms with Gasteiger partial charge >= 0.3 is 11.9 Å². The Bertz CT molecular complexity index is 790. The first-order valence-electron chi connectivity index (χ1n) is 10.2. The van der Waals surface area contributed by atoms with Crippen LogP contribution in [0.25, 0.3) is 0 Å². The number of amides is 5. The first kappa shape index (κ1) is 30.2. The van der Waals surface area contributed by atoms with E-state index < -0.39 is 84.9 Å². The summed E-state index contributed by atoms with van der Waals surface area (Å²) >= 11 is 0. The summed E-state index contributed by atoms with van der Waals surface area (Å²) in [5, 5.41) is 24.6. The van der Waals surface area contributed by atoms with Gasteiger partial charge < -0.3 is 49.1 Å². The van der Waals surface area contributed by atoms with E-state index in [-0.39, 0.29) is 6.42 Å². The molecule has 0 aromatic heterocycles. The molecule has 34 heavy (non-hydrogen) atoms. The van der Waals surface area contributed by atoms with Gasteiger partial charge in [-0.2, -0.15) is 0 Å². The third kappa shape index (κ3) is 12.3. The highest BCUT2D eigenvalue weighted by molar-refractivity contribution is 5.97. The van der Waals surface area contributed by atoms with Crippen LogP contribution in [0.2, 0.25) is 0 Å².